The van der Waals surface area contributed by atoms with Crippen molar-refractivity contribution in [2.24, 2.45) is 0 Å². The molecule has 1 saturated carbocycles. The van der Waals surface area contributed by atoms with Crippen LogP contribution in [0, 0.1) is 0 Å². The lowest BCUT2D eigenvalue weighted by atomic mass is 9.95. The van der Waals surface area contributed by atoms with Gasteiger partial charge in [0.2, 0.25) is 5.91 Å². The van der Waals surface area contributed by atoms with Crippen LogP contribution in [0.25, 0.3) is 0 Å². The molecule has 96 valence electrons. The molecule has 0 aromatic heterocycles. The highest BCUT2D eigenvalue weighted by Crippen LogP contribution is 2.48. The van der Waals surface area contributed by atoms with Gasteiger partial charge in [0.15, 0.2) is 0 Å². The Bertz CT molecular complexity index is 483. The molecule has 4 nitrogen and oxygen atoms in total. The SMILES string of the molecule is COC(=O)CNC(=O)C1(c2cccc(Br)c2)CC1. The number of nitrogens with one attached hydrogen (secondary N) is 1. The fraction of sp³-hybridized carbons (Fsp3) is 0.385. The lowest BCUT2D eigenvalue weighted by molar-refractivity contribution is -0.141. The Balaban J connectivity index is 2.07. The first-order valence-corrected chi connectivity index (χ1v) is 6.49. The third-order valence-electron chi connectivity index (χ3n) is 3.18. The summed E-state index contributed by atoms with van der Waals surface area (Å²) in [5, 5.41) is 2.63. The normalized spacial score (nSPS) is 15.9. The first-order valence-electron chi connectivity index (χ1n) is 5.70. The molecule has 0 bridgehead atoms. The molecule has 1 aromatic rings. The van der Waals surface area contributed by atoms with E-state index in [1.165, 1.54) is 7.11 Å². The molecule has 0 spiro atoms. The van der Waals surface area contributed by atoms with Crippen LogP contribution in [-0.2, 0) is 19.7 Å². The Morgan fingerprint density at radius 2 is 2.17 bits per heavy atom. The maximum Gasteiger partial charge on any atom is 0.325 e. The molecule has 0 unspecified atom stereocenters. The molecule has 2 rings (SSSR count). The molecular formula is C13H14BrNO3. The molecular weight excluding hydrogens is 298 g/mol. The van der Waals surface area contributed by atoms with Crippen LogP contribution in [0.5, 0.6) is 0 Å². The first kappa shape index (κ1) is 13.1. The molecule has 0 heterocycles. The van der Waals surface area contributed by atoms with Gasteiger partial charge in [0.1, 0.15) is 6.54 Å². The topological polar surface area (TPSA) is 55.4 Å². The van der Waals surface area contributed by atoms with Gasteiger partial charge < -0.3 is 10.1 Å². The summed E-state index contributed by atoms with van der Waals surface area (Å²) in [5.41, 5.74) is 0.525. The fourth-order valence-electron chi connectivity index (χ4n) is 1.95. The third kappa shape index (κ3) is 2.56. The zero-order valence-corrected chi connectivity index (χ0v) is 11.6. The van der Waals surface area contributed by atoms with Crippen LogP contribution in [0.2, 0.25) is 0 Å². The van der Waals surface area contributed by atoms with E-state index >= 15 is 0 Å². The maximum absolute atomic E-state index is 12.1. The van der Waals surface area contributed by atoms with E-state index in [1.807, 2.05) is 24.3 Å². The second kappa shape index (κ2) is 5.10. The van der Waals surface area contributed by atoms with E-state index < -0.39 is 11.4 Å². The molecule has 18 heavy (non-hydrogen) atoms. The van der Waals surface area contributed by atoms with Gasteiger partial charge in [-0.1, -0.05) is 28.1 Å². The zero-order chi connectivity index (χ0) is 13.2. The lowest BCUT2D eigenvalue weighted by Gasteiger charge is -2.15. The van der Waals surface area contributed by atoms with Crippen molar-refractivity contribution in [3.63, 3.8) is 0 Å². The number of esters is 1. The van der Waals surface area contributed by atoms with Crippen LogP contribution in [0.3, 0.4) is 0 Å². The van der Waals surface area contributed by atoms with Crippen molar-refractivity contribution in [1.82, 2.24) is 5.32 Å². The highest BCUT2D eigenvalue weighted by atomic mass is 79.9. The third-order valence-corrected chi connectivity index (χ3v) is 3.68. The minimum atomic E-state index is -0.461. The van der Waals surface area contributed by atoms with E-state index in [4.69, 9.17) is 0 Å². The Hall–Kier alpha value is -1.36. The summed E-state index contributed by atoms with van der Waals surface area (Å²) in [6.45, 7) is -0.0783. The molecule has 1 aliphatic carbocycles. The number of benzene rings is 1. The van der Waals surface area contributed by atoms with Gasteiger partial charge in [-0.3, -0.25) is 9.59 Å². The summed E-state index contributed by atoms with van der Waals surface area (Å²) in [6.07, 6.45) is 1.63. The standard InChI is InChI=1S/C13H14BrNO3/c1-18-11(16)8-15-12(17)13(5-6-13)9-3-2-4-10(14)7-9/h2-4,7H,5-6,8H2,1H3,(H,15,17). The number of carbonyl (C=O) groups is 2. The Morgan fingerprint density at radius 1 is 1.44 bits per heavy atom. The second-order valence-corrected chi connectivity index (χ2v) is 5.27. The number of rotatable bonds is 4. The predicted molar refractivity (Wildman–Crippen MR) is 70.1 cm³/mol. The summed E-state index contributed by atoms with van der Waals surface area (Å²) in [4.78, 5) is 23.1. The van der Waals surface area contributed by atoms with Crippen LogP contribution in [0.1, 0.15) is 18.4 Å². The zero-order valence-electron chi connectivity index (χ0n) is 10.0. The van der Waals surface area contributed by atoms with Crippen LogP contribution >= 0.6 is 15.9 Å². The minimum Gasteiger partial charge on any atom is -0.468 e. The highest BCUT2D eigenvalue weighted by molar-refractivity contribution is 9.10. The smallest absolute Gasteiger partial charge is 0.325 e. The summed E-state index contributed by atoms with van der Waals surface area (Å²) < 4.78 is 5.45. The van der Waals surface area contributed by atoms with E-state index in [9.17, 15) is 9.59 Å². The average Bonchev–Trinajstić information content (AvgIpc) is 3.17. The van der Waals surface area contributed by atoms with Crippen LogP contribution in [0.4, 0.5) is 0 Å². The fourth-order valence-corrected chi connectivity index (χ4v) is 2.35. The summed E-state index contributed by atoms with van der Waals surface area (Å²) >= 11 is 3.40. The molecule has 0 radical (unpaired) electrons. The summed E-state index contributed by atoms with van der Waals surface area (Å²) in [7, 11) is 1.30. The van der Waals surface area contributed by atoms with Crippen molar-refractivity contribution >= 4 is 27.8 Å². The van der Waals surface area contributed by atoms with Gasteiger partial charge >= 0.3 is 5.97 Å². The molecule has 5 heteroatoms. The van der Waals surface area contributed by atoms with Crippen molar-refractivity contribution in [1.29, 1.82) is 0 Å². The average molecular weight is 312 g/mol. The number of ether oxygens (including phenoxy) is 1. The van der Waals surface area contributed by atoms with Gasteiger partial charge in [-0.2, -0.15) is 0 Å². The van der Waals surface area contributed by atoms with Crippen molar-refractivity contribution in [3.8, 4) is 0 Å². The van der Waals surface area contributed by atoms with Crippen LogP contribution < -0.4 is 5.32 Å². The minimum absolute atomic E-state index is 0.0783. The summed E-state index contributed by atoms with van der Waals surface area (Å²) in [5.74, 6) is -0.542. The van der Waals surface area contributed by atoms with Crippen molar-refractivity contribution in [2.75, 3.05) is 13.7 Å². The Labute approximate surface area is 114 Å². The number of amides is 1. The largest absolute Gasteiger partial charge is 0.468 e. The number of methoxy groups -OCH3 is 1. The van der Waals surface area contributed by atoms with Gasteiger partial charge in [0.25, 0.3) is 0 Å². The van der Waals surface area contributed by atoms with E-state index in [0.29, 0.717) is 0 Å². The molecule has 1 aromatic carbocycles. The van der Waals surface area contributed by atoms with E-state index in [2.05, 4.69) is 26.0 Å². The molecule has 0 saturated heterocycles. The van der Waals surface area contributed by atoms with E-state index in [-0.39, 0.29) is 12.5 Å². The number of hydrogen-bond donors (Lipinski definition) is 1. The van der Waals surface area contributed by atoms with E-state index in [0.717, 1.165) is 22.9 Å². The molecule has 1 amide bonds. The molecule has 0 atom stereocenters. The van der Waals surface area contributed by atoms with Gasteiger partial charge in [0.05, 0.1) is 12.5 Å². The predicted octanol–water partition coefficient (Wildman–Crippen LogP) is 1.77. The highest BCUT2D eigenvalue weighted by Gasteiger charge is 2.51. The number of halogens is 1. The number of carbonyl (C=O) groups excluding carboxylic acids is 2. The molecule has 1 aliphatic rings. The lowest BCUT2D eigenvalue weighted by Crippen LogP contribution is -2.38. The Morgan fingerprint density at radius 3 is 2.72 bits per heavy atom. The maximum atomic E-state index is 12.1. The summed E-state index contributed by atoms with van der Waals surface area (Å²) in [6, 6.07) is 7.72. The quantitative estimate of drug-likeness (QED) is 0.862. The van der Waals surface area contributed by atoms with E-state index in [1.54, 1.807) is 0 Å². The number of hydrogen-bond acceptors (Lipinski definition) is 3. The first-order chi connectivity index (χ1) is 8.58. The molecule has 1 N–H and O–H groups in total. The second-order valence-electron chi connectivity index (χ2n) is 4.35. The van der Waals surface area contributed by atoms with Crippen molar-refractivity contribution in [2.45, 2.75) is 18.3 Å². The van der Waals surface area contributed by atoms with Gasteiger partial charge in [-0.25, -0.2) is 0 Å². The monoisotopic (exact) mass is 311 g/mol. The van der Waals surface area contributed by atoms with Crippen molar-refractivity contribution in [3.05, 3.63) is 34.3 Å². The van der Waals surface area contributed by atoms with Crippen LogP contribution in [-0.4, -0.2) is 25.5 Å². The van der Waals surface area contributed by atoms with Gasteiger partial charge in [-0.05, 0) is 30.5 Å². The molecule has 0 aliphatic heterocycles. The Kier molecular flexibility index (Phi) is 3.71. The van der Waals surface area contributed by atoms with Gasteiger partial charge in [-0.15, -0.1) is 0 Å². The van der Waals surface area contributed by atoms with Gasteiger partial charge in [0, 0.05) is 4.47 Å². The van der Waals surface area contributed by atoms with Crippen molar-refractivity contribution < 1.29 is 14.3 Å². The molecule has 1 fully saturated rings. The van der Waals surface area contributed by atoms with Crippen LogP contribution in [0.15, 0.2) is 28.7 Å².